The molecule has 1 aromatic heterocycles. The van der Waals surface area contributed by atoms with E-state index in [1.54, 1.807) is 0 Å². The van der Waals surface area contributed by atoms with Crippen molar-refractivity contribution in [2.75, 3.05) is 5.32 Å². The van der Waals surface area contributed by atoms with E-state index in [-0.39, 0.29) is 0 Å². The molecule has 0 aliphatic carbocycles. The summed E-state index contributed by atoms with van der Waals surface area (Å²) >= 11 is 0. The van der Waals surface area contributed by atoms with Gasteiger partial charge >= 0.3 is 0 Å². The van der Waals surface area contributed by atoms with Crippen LogP contribution in [0.2, 0.25) is 0 Å². The Hall–Kier alpha value is -1.05. The molecule has 0 aliphatic heterocycles. The third kappa shape index (κ3) is 2.72. The summed E-state index contributed by atoms with van der Waals surface area (Å²) in [5, 5.41) is 3.45. The lowest BCUT2D eigenvalue weighted by atomic mass is 10.1. The van der Waals surface area contributed by atoms with Gasteiger partial charge in [-0.15, -0.1) is 0 Å². The number of hydrogen-bond donors (Lipinski definition) is 1. The maximum atomic E-state index is 4.36. The first-order chi connectivity index (χ1) is 6.65. The topological polar surface area (TPSA) is 24.9 Å². The number of nitrogens with zero attached hydrogens (tertiary/aromatic N) is 1. The molecule has 78 valence electrons. The molecule has 0 saturated carbocycles. The molecular weight excluding hydrogens is 172 g/mol. The molecule has 1 N–H and O–H groups in total. The molecule has 0 saturated heterocycles. The molecule has 14 heavy (non-hydrogen) atoms. The number of aromatic nitrogens is 1. The summed E-state index contributed by atoms with van der Waals surface area (Å²) in [6.45, 7) is 8.78. The molecule has 2 heteroatoms. The number of rotatable bonds is 4. The van der Waals surface area contributed by atoms with Gasteiger partial charge < -0.3 is 5.32 Å². The molecule has 2 nitrogen and oxygen atoms in total. The van der Waals surface area contributed by atoms with Crippen LogP contribution in [0, 0.1) is 5.92 Å². The highest BCUT2D eigenvalue weighted by Crippen LogP contribution is 2.15. The average Bonchev–Trinajstić information content (AvgIpc) is 2.18. The van der Waals surface area contributed by atoms with Crippen molar-refractivity contribution >= 4 is 5.82 Å². The summed E-state index contributed by atoms with van der Waals surface area (Å²) in [6.07, 6.45) is 2.87. The van der Waals surface area contributed by atoms with E-state index < -0.39 is 0 Å². The molecule has 0 amide bonds. The zero-order chi connectivity index (χ0) is 10.6. The van der Waals surface area contributed by atoms with Crippen molar-refractivity contribution in [2.24, 2.45) is 5.92 Å². The maximum absolute atomic E-state index is 4.36. The highest BCUT2D eigenvalue weighted by atomic mass is 15.0. The summed E-state index contributed by atoms with van der Waals surface area (Å²) in [5.74, 6) is 1.66. The van der Waals surface area contributed by atoms with Crippen molar-refractivity contribution in [2.45, 2.75) is 40.2 Å². The molecular formula is C12H20N2. The quantitative estimate of drug-likeness (QED) is 0.793. The van der Waals surface area contributed by atoms with E-state index in [9.17, 15) is 0 Å². The molecule has 1 aromatic rings. The third-order valence-electron chi connectivity index (χ3n) is 2.64. The van der Waals surface area contributed by atoms with E-state index in [1.807, 2.05) is 12.3 Å². The van der Waals surface area contributed by atoms with E-state index in [4.69, 9.17) is 0 Å². The fourth-order valence-corrected chi connectivity index (χ4v) is 1.24. The van der Waals surface area contributed by atoms with Gasteiger partial charge in [0.05, 0.1) is 0 Å². The Balaban J connectivity index is 2.75. The van der Waals surface area contributed by atoms with Gasteiger partial charge in [-0.2, -0.15) is 0 Å². The Kier molecular flexibility index (Phi) is 3.93. The van der Waals surface area contributed by atoms with E-state index >= 15 is 0 Å². The van der Waals surface area contributed by atoms with Crippen LogP contribution in [0.5, 0.6) is 0 Å². The van der Waals surface area contributed by atoms with Gasteiger partial charge in [-0.05, 0) is 30.9 Å². The summed E-state index contributed by atoms with van der Waals surface area (Å²) in [7, 11) is 0. The first-order valence-electron chi connectivity index (χ1n) is 5.35. The second-order valence-corrected chi connectivity index (χ2v) is 4.04. The lowest BCUT2D eigenvalue weighted by Gasteiger charge is -2.19. The van der Waals surface area contributed by atoms with Crippen LogP contribution in [0.3, 0.4) is 0 Å². The van der Waals surface area contributed by atoms with E-state index in [0.717, 1.165) is 12.2 Å². The van der Waals surface area contributed by atoms with Gasteiger partial charge in [-0.1, -0.05) is 26.8 Å². The molecule has 1 atom stereocenters. The molecule has 1 unspecified atom stereocenters. The number of hydrogen-bond acceptors (Lipinski definition) is 2. The molecule has 1 rings (SSSR count). The van der Waals surface area contributed by atoms with Gasteiger partial charge in [0.1, 0.15) is 5.82 Å². The molecule has 0 aliphatic rings. The highest BCUT2D eigenvalue weighted by Gasteiger charge is 2.08. The standard InChI is InChI=1S/C12H20N2/c1-5-11-7-6-8-13-12(11)14-10(4)9(2)3/h6-10H,5H2,1-4H3,(H,13,14). The summed E-state index contributed by atoms with van der Waals surface area (Å²) in [4.78, 5) is 4.36. The number of aryl methyl sites for hydroxylation is 1. The lowest BCUT2D eigenvalue weighted by Crippen LogP contribution is -2.22. The van der Waals surface area contributed by atoms with Crippen molar-refractivity contribution < 1.29 is 0 Å². The first kappa shape index (κ1) is 11.0. The van der Waals surface area contributed by atoms with Crippen LogP contribution in [-0.2, 0) is 6.42 Å². The summed E-state index contributed by atoms with van der Waals surface area (Å²) in [6, 6.07) is 4.59. The van der Waals surface area contributed by atoms with Crippen LogP contribution in [0.1, 0.15) is 33.3 Å². The first-order valence-corrected chi connectivity index (χ1v) is 5.35. The van der Waals surface area contributed by atoms with Crippen molar-refractivity contribution in [3.05, 3.63) is 23.9 Å². The number of anilines is 1. The van der Waals surface area contributed by atoms with Crippen LogP contribution in [0.25, 0.3) is 0 Å². The molecule has 1 heterocycles. The highest BCUT2D eigenvalue weighted by molar-refractivity contribution is 5.44. The van der Waals surface area contributed by atoms with Gasteiger partial charge in [0, 0.05) is 12.2 Å². The zero-order valence-electron chi connectivity index (χ0n) is 9.54. The van der Waals surface area contributed by atoms with Crippen molar-refractivity contribution in [3.63, 3.8) is 0 Å². The predicted molar refractivity (Wildman–Crippen MR) is 61.5 cm³/mol. The van der Waals surface area contributed by atoms with Gasteiger partial charge in [0.25, 0.3) is 0 Å². The molecule has 0 bridgehead atoms. The summed E-state index contributed by atoms with van der Waals surface area (Å²) < 4.78 is 0. The van der Waals surface area contributed by atoms with Gasteiger partial charge in [0.15, 0.2) is 0 Å². The molecule has 0 fully saturated rings. The van der Waals surface area contributed by atoms with Crippen LogP contribution >= 0.6 is 0 Å². The molecule has 0 spiro atoms. The lowest BCUT2D eigenvalue weighted by molar-refractivity contribution is 0.558. The zero-order valence-corrected chi connectivity index (χ0v) is 9.54. The molecule has 0 aromatic carbocycles. The maximum Gasteiger partial charge on any atom is 0.129 e. The second-order valence-electron chi connectivity index (χ2n) is 4.04. The van der Waals surface area contributed by atoms with Crippen LogP contribution in [0.4, 0.5) is 5.82 Å². The Bertz CT molecular complexity index is 281. The van der Waals surface area contributed by atoms with Gasteiger partial charge in [0.2, 0.25) is 0 Å². The smallest absolute Gasteiger partial charge is 0.129 e. The SMILES string of the molecule is CCc1cccnc1NC(C)C(C)C. The Labute approximate surface area is 86.8 Å². The van der Waals surface area contributed by atoms with Crippen molar-refractivity contribution in [1.82, 2.24) is 4.98 Å². The van der Waals surface area contributed by atoms with Gasteiger partial charge in [-0.25, -0.2) is 4.98 Å². The molecule has 0 radical (unpaired) electrons. The van der Waals surface area contributed by atoms with Crippen molar-refractivity contribution in [3.8, 4) is 0 Å². The minimum atomic E-state index is 0.468. The van der Waals surface area contributed by atoms with Crippen LogP contribution in [0.15, 0.2) is 18.3 Å². The van der Waals surface area contributed by atoms with E-state index in [1.165, 1.54) is 5.56 Å². The fourth-order valence-electron chi connectivity index (χ4n) is 1.24. The second kappa shape index (κ2) is 4.99. The minimum absolute atomic E-state index is 0.468. The average molecular weight is 192 g/mol. The van der Waals surface area contributed by atoms with Gasteiger partial charge in [-0.3, -0.25) is 0 Å². The fraction of sp³-hybridized carbons (Fsp3) is 0.583. The van der Waals surface area contributed by atoms with Crippen LogP contribution < -0.4 is 5.32 Å². The third-order valence-corrected chi connectivity index (χ3v) is 2.64. The predicted octanol–water partition coefficient (Wildman–Crippen LogP) is 3.10. The largest absolute Gasteiger partial charge is 0.367 e. The Morgan fingerprint density at radius 2 is 2.07 bits per heavy atom. The minimum Gasteiger partial charge on any atom is -0.367 e. The summed E-state index contributed by atoms with van der Waals surface area (Å²) in [5.41, 5.74) is 1.29. The van der Waals surface area contributed by atoms with Crippen LogP contribution in [-0.4, -0.2) is 11.0 Å². The normalized spacial score (nSPS) is 12.9. The monoisotopic (exact) mass is 192 g/mol. The van der Waals surface area contributed by atoms with E-state index in [2.05, 4.69) is 44.1 Å². The number of pyridine rings is 1. The Morgan fingerprint density at radius 1 is 1.36 bits per heavy atom. The number of nitrogens with one attached hydrogen (secondary N) is 1. The van der Waals surface area contributed by atoms with E-state index in [0.29, 0.717) is 12.0 Å². The van der Waals surface area contributed by atoms with Crippen molar-refractivity contribution in [1.29, 1.82) is 0 Å². The Morgan fingerprint density at radius 3 is 2.64 bits per heavy atom.